The van der Waals surface area contributed by atoms with Crippen LogP contribution < -0.4 is 0 Å². The van der Waals surface area contributed by atoms with Crippen LogP contribution >= 0.6 is 0 Å². The first kappa shape index (κ1) is 16.1. The van der Waals surface area contributed by atoms with Crippen molar-refractivity contribution in [2.24, 2.45) is 0 Å². The average molecular weight is 236 g/mol. The predicted molar refractivity (Wildman–Crippen MR) is 48.0 cm³/mol. The average Bonchev–Trinajstić information content (AvgIpc) is 1.97. The Balaban J connectivity index is 0. The van der Waals surface area contributed by atoms with Gasteiger partial charge in [0.25, 0.3) is 10.1 Å². The summed E-state index contributed by atoms with van der Waals surface area (Å²) in [6.45, 7) is 2.56. The van der Waals surface area contributed by atoms with Gasteiger partial charge in [0, 0.05) is 44.2 Å². The molecule has 0 saturated carbocycles. The number of carbonyl (C=O) groups is 1. The van der Waals surface area contributed by atoms with E-state index in [0.717, 1.165) is 0 Å². The second-order valence-corrected chi connectivity index (χ2v) is 4.20. The Bertz CT molecular complexity index is 248. The second-order valence-electron chi connectivity index (χ2n) is 2.36. The van der Waals surface area contributed by atoms with E-state index >= 15 is 0 Å². The van der Waals surface area contributed by atoms with Crippen LogP contribution in [-0.2, 0) is 19.6 Å². The van der Waals surface area contributed by atoms with Gasteiger partial charge in [-0.15, -0.1) is 0 Å². The molecule has 0 saturated heterocycles. The van der Waals surface area contributed by atoms with Gasteiger partial charge in [0.1, 0.15) is 11.9 Å². The van der Waals surface area contributed by atoms with Crippen LogP contribution in [0.1, 0.15) is 20.3 Å². The van der Waals surface area contributed by atoms with Gasteiger partial charge in [0.15, 0.2) is 0 Å². The van der Waals surface area contributed by atoms with Crippen molar-refractivity contribution in [2.45, 2.75) is 25.5 Å². The normalized spacial score (nSPS) is 12.8. The van der Waals surface area contributed by atoms with Gasteiger partial charge in [-0.3, -0.25) is 9.35 Å². The maximum absolute atomic E-state index is 10.5. The Kier molecular flexibility index (Phi) is 8.66. The molecule has 7 heteroatoms. The number of carbonyl (C=O) groups excluding carboxylic acids is 1. The number of ether oxygens (including phenoxy) is 1. The van der Waals surface area contributed by atoms with Gasteiger partial charge in [0.2, 0.25) is 0 Å². The first-order chi connectivity index (χ1) is 5.38. The molecule has 0 amide bonds. The molecule has 13 heavy (non-hydrogen) atoms. The Morgan fingerprint density at radius 1 is 1.54 bits per heavy atom. The van der Waals surface area contributed by atoms with Crippen LogP contribution in [0.25, 0.3) is 0 Å². The van der Waals surface area contributed by atoms with Crippen molar-refractivity contribution in [2.75, 3.05) is 6.61 Å². The molecule has 1 unspecified atom stereocenters. The summed E-state index contributed by atoms with van der Waals surface area (Å²) in [6, 6.07) is 0. The van der Waals surface area contributed by atoms with Gasteiger partial charge in [-0.25, -0.2) is 0 Å². The van der Waals surface area contributed by atoms with Crippen LogP contribution in [0.15, 0.2) is 0 Å². The Labute approximate surface area is 108 Å². The fourth-order valence-corrected chi connectivity index (χ4v) is 0.638. The van der Waals surface area contributed by atoms with Gasteiger partial charge >= 0.3 is 5.97 Å². The number of hydrogen-bond acceptors (Lipinski definition) is 4. The maximum Gasteiger partial charge on any atom is 0.305 e. The SMILES string of the molecule is CCC(=O)OCC(C)S(=O)(=O)O.[Ca]. The summed E-state index contributed by atoms with van der Waals surface area (Å²) in [6.07, 6.45) is 0.193. The van der Waals surface area contributed by atoms with Gasteiger partial charge in [-0.05, 0) is 6.92 Å². The van der Waals surface area contributed by atoms with E-state index < -0.39 is 21.3 Å². The molecule has 1 atom stereocenters. The second kappa shape index (κ2) is 7.00. The standard InChI is InChI=1S/C6H12O5S.Ca/c1-3-6(7)11-4-5(2)12(8,9)10;/h5H,3-4H2,1-2H3,(H,8,9,10);. The third-order valence-electron chi connectivity index (χ3n) is 1.28. The zero-order valence-corrected chi connectivity index (χ0v) is 10.7. The third-order valence-corrected chi connectivity index (χ3v) is 2.43. The molecule has 2 radical (unpaired) electrons. The van der Waals surface area contributed by atoms with Gasteiger partial charge in [-0.2, -0.15) is 8.42 Å². The van der Waals surface area contributed by atoms with Crippen molar-refractivity contribution < 1.29 is 22.5 Å². The van der Waals surface area contributed by atoms with Gasteiger partial charge in [-0.1, -0.05) is 6.92 Å². The summed E-state index contributed by atoms with van der Waals surface area (Å²) in [5.41, 5.74) is 0. The van der Waals surface area contributed by atoms with E-state index in [1.807, 2.05) is 0 Å². The Morgan fingerprint density at radius 2 is 2.00 bits per heavy atom. The number of esters is 1. The molecule has 1 N–H and O–H groups in total. The Morgan fingerprint density at radius 3 is 2.31 bits per heavy atom. The van der Waals surface area contributed by atoms with E-state index in [9.17, 15) is 13.2 Å². The first-order valence-corrected chi connectivity index (χ1v) is 5.00. The van der Waals surface area contributed by atoms with Crippen molar-refractivity contribution in [1.29, 1.82) is 0 Å². The molecule has 0 aromatic heterocycles. The van der Waals surface area contributed by atoms with Crippen LogP contribution in [-0.4, -0.2) is 68.5 Å². The van der Waals surface area contributed by atoms with Crippen LogP contribution in [0.5, 0.6) is 0 Å². The van der Waals surface area contributed by atoms with E-state index in [-0.39, 0.29) is 50.8 Å². The zero-order valence-electron chi connectivity index (χ0n) is 7.69. The number of hydrogen-bond donors (Lipinski definition) is 1. The minimum Gasteiger partial charge on any atom is -0.464 e. The molecular formula is C6H12CaO5S. The zero-order chi connectivity index (χ0) is 9.78. The smallest absolute Gasteiger partial charge is 0.305 e. The topological polar surface area (TPSA) is 80.7 Å². The summed E-state index contributed by atoms with van der Waals surface area (Å²) >= 11 is 0. The largest absolute Gasteiger partial charge is 0.464 e. The van der Waals surface area contributed by atoms with Crippen molar-refractivity contribution in [3.05, 3.63) is 0 Å². The van der Waals surface area contributed by atoms with Crippen LogP contribution in [0.2, 0.25) is 0 Å². The molecule has 0 aliphatic heterocycles. The molecule has 0 rings (SSSR count). The molecule has 0 aliphatic rings. The first-order valence-electron chi connectivity index (χ1n) is 3.49. The molecule has 0 spiro atoms. The van der Waals surface area contributed by atoms with Crippen molar-refractivity contribution in [1.82, 2.24) is 0 Å². The summed E-state index contributed by atoms with van der Waals surface area (Å²) in [5, 5.41) is -1.06. The number of rotatable bonds is 4. The minimum atomic E-state index is -4.08. The van der Waals surface area contributed by atoms with Gasteiger partial charge in [0.05, 0.1) is 0 Å². The van der Waals surface area contributed by atoms with Crippen molar-refractivity contribution in [3.8, 4) is 0 Å². The molecule has 0 heterocycles. The molecule has 5 nitrogen and oxygen atoms in total. The minimum absolute atomic E-state index is 0. The van der Waals surface area contributed by atoms with E-state index in [1.165, 1.54) is 6.92 Å². The molecule has 0 aliphatic carbocycles. The summed E-state index contributed by atoms with van der Waals surface area (Å²) in [5.74, 6) is -0.481. The molecule has 0 fully saturated rings. The quantitative estimate of drug-likeness (QED) is 0.416. The van der Waals surface area contributed by atoms with Crippen LogP contribution in [0.4, 0.5) is 0 Å². The molecule has 74 valence electrons. The molecule has 0 aromatic rings. The van der Waals surface area contributed by atoms with E-state index in [4.69, 9.17) is 4.55 Å². The predicted octanol–water partition coefficient (Wildman–Crippen LogP) is -0.165. The van der Waals surface area contributed by atoms with E-state index in [0.29, 0.717) is 0 Å². The maximum atomic E-state index is 10.5. The van der Waals surface area contributed by atoms with Gasteiger partial charge < -0.3 is 4.74 Å². The van der Waals surface area contributed by atoms with Crippen LogP contribution in [0.3, 0.4) is 0 Å². The summed E-state index contributed by atoms with van der Waals surface area (Å²) in [4.78, 5) is 10.5. The van der Waals surface area contributed by atoms with Crippen molar-refractivity contribution in [3.63, 3.8) is 0 Å². The molecule has 0 aromatic carbocycles. The molecule has 0 bridgehead atoms. The fraction of sp³-hybridized carbons (Fsp3) is 0.833. The van der Waals surface area contributed by atoms with E-state index in [2.05, 4.69) is 4.74 Å². The summed E-state index contributed by atoms with van der Waals surface area (Å²) in [7, 11) is -4.08. The fourth-order valence-electron chi connectivity index (χ4n) is 0.398. The monoisotopic (exact) mass is 236 g/mol. The van der Waals surface area contributed by atoms with E-state index in [1.54, 1.807) is 6.92 Å². The summed E-state index contributed by atoms with van der Waals surface area (Å²) < 4.78 is 33.7. The Hall–Kier alpha value is 0.640. The van der Waals surface area contributed by atoms with Crippen molar-refractivity contribution >= 4 is 53.8 Å². The third kappa shape index (κ3) is 7.69. The molecular weight excluding hydrogens is 224 g/mol. The van der Waals surface area contributed by atoms with Crippen LogP contribution in [0, 0.1) is 0 Å².